The predicted molar refractivity (Wildman–Crippen MR) is 215 cm³/mol. The number of likely N-dealkylation sites (N-methyl/N-ethyl adjacent to an activating group) is 1. The van der Waals surface area contributed by atoms with Crippen LogP contribution in [0.25, 0.3) is 11.3 Å². The molecule has 0 saturated carbocycles. The van der Waals surface area contributed by atoms with E-state index in [4.69, 9.17) is 16.4 Å². The number of carbonyl (C=O) groups is 2. The number of rotatable bonds is 0. The number of anilines is 2. The molecule has 0 radical (unpaired) electrons. The van der Waals surface area contributed by atoms with Gasteiger partial charge in [0.05, 0.1) is 30.0 Å². The molecule has 0 aromatic heterocycles. The van der Waals surface area contributed by atoms with Crippen LogP contribution < -0.4 is 9.80 Å². The molecular weight excluding hydrogens is 663 g/mol. The van der Waals surface area contributed by atoms with E-state index in [0.29, 0.717) is 13.1 Å². The van der Waals surface area contributed by atoms with Crippen LogP contribution in [-0.2, 0) is 27.5 Å². The van der Waals surface area contributed by atoms with Crippen molar-refractivity contribution in [3.05, 3.63) is 130 Å². The first kappa shape index (κ1) is 38.6. The monoisotopic (exact) mass is 714 g/mol. The largest absolute Gasteiger partial charge is 0.454 e. The maximum absolute atomic E-state index is 12.4. The van der Waals surface area contributed by atoms with Gasteiger partial charge in [0, 0.05) is 63.9 Å². The SMILES string of the molecule is CC(=O)N1Cc2ccccc2C#Cc2ccccc21.CC(=O)N1Cc2ccccc2C2=C(c3ccccc31)C(C)(C)N(C)O2.CC(C)=[N+](C)O.[2H]B(C)O. The van der Waals surface area contributed by atoms with Crippen LogP contribution in [0.1, 0.15) is 74.9 Å². The van der Waals surface area contributed by atoms with Gasteiger partial charge in [0.25, 0.3) is 7.45 Å². The Hall–Kier alpha value is -5.63. The Morgan fingerprint density at radius 2 is 1.21 bits per heavy atom. The lowest BCUT2D eigenvalue weighted by atomic mass is 9.83. The lowest BCUT2D eigenvalue weighted by Crippen LogP contribution is -2.37. The van der Waals surface area contributed by atoms with E-state index in [1.807, 2.05) is 110 Å². The third-order valence-electron chi connectivity index (χ3n) is 9.19. The first-order valence-corrected chi connectivity index (χ1v) is 17.5. The Labute approximate surface area is 316 Å². The molecule has 0 atom stereocenters. The molecule has 53 heavy (non-hydrogen) atoms. The minimum atomic E-state index is -0.917. The number of hydroxylamine groups is 3. The summed E-state index contributed by atoms with van der Waals surface area (Å²) in [7, 11) is 2.63. The summed E-state index contributed by atoms with van der Waals surface area (Å²) in [6, 6.07) is 32.0. The van der Waals surface area contributed by atoms with Gasteiger partial charge in [-0.25, -0.2) is 0 Å². The first-order chi connectivity index (χ1) is 25.5. The quantitative estimate of drug-likeness (QED) is 0.0514. The molecule has 3 aliphatic rings. The van der Waals surface area contributed by atoms with Crippen molar-refractivity contribution in [2.75, 3.05) is 23.9 Å². The maximum atomic E-state index is 12.4. The van der Waals surface area contributed by atoms with Gasteiger partial charge in [0.2, 0.25) is 11.8 Å². The van der Waals surface area contributed by atoms with E-state index in [2.05, 4.69) is 43.9 Å². The number of nitrogens with zero attached hydrogens (tertiary/aromatic N) is 4. The molecule has 0 saturated heterocycles. The molecule has 0 aliphatic carbocycles. The van der Waals surface area contributed by atoms with Crippen LogP contribution in [-0.4, -0.2) is 66.0 Å². The molecule has 9 nitrogen and oxygen atoms in total. The summed E-state index contributed by atoms with van der Waals surface area (Å²) < 4.78 is 7.22. The highest BCUT2D eigenvalue weighted by atomic mass is 16.7. The molecule has 0 unspecified atom stereocenters. The van der Waals surface area contributed by atoms with Gasteiger partial charge in [-0.05, 0) is 54.0 Å². The van der Waals surface area contributed by atoms with Crippen molar-refractivity contribution in [1.29, 1.82) is 1.34 Å². The molecule has 0 fully saturated rings. The Bertz CT molecular complexity index is 2110. The zero-order chi connectivity index (χ0) is 39.7. The topological polar surface area (TPSA) is 96.6 Å². The average Bonchev–Trinajstić information content (AvgIpc) is 3.34. The van der Waals surface area contributed by atoms with E-state index < -0.39 is 7.45 Å². The normalized spacial score (nSPS) is 14.6. The second-order valence-corrected chi connectivity index (χ2v) is 13.4. The zero-order valence-corrected chi connectivity index (χ0v) is 32.1. The molecule has 0 spiro atoms. The Kier molecular flexibility index (Phi) is 12.9. The molecule has 3 heterocycles. The fourth-order valence-electron chi connectivity index (χ4n) is 5.97. The molecule has 0 bridgehead atoms. The second kappa shape index (κ2) is 17.7. The lowest BCUT2D eigenvalue weighted by Gasteiger charge is -2.31. The minimum absolute atomic E-state index is 0.0333. The van der Waals surface area contributed by atoms with Crippen LogP contribution in [0, 0.1) is 11.8 Å². The van der Waals surface area contributed by atoms with Gasteiger partial charge in [-0.15, -0.1) is 5.06 Å². The van der Waals surface area contributed by atoms with Gasteiger partial charge in [0.1, 0.15) is 0 Å². The molecule has 7 rings (SSSR count). The van der Waals surface area contributed by atoms with Crippen LogP contribution >= 0.6 is 0 Å². The minimum Gasteiger partial charge on any atom is -0.454 e. The number of hydrogen-bond acceptors (Lipinski definition) is 6. The number of hydrogen-bond donors (Lipinski definition) is 2. The van der Waals surface area contributed by atoms with E-state index in [0.717, 1.165) is 66.5 Å². The summed E-state index contributed by atoms with van der Waals surface area (Å²) in [5.74, 6) is 7.31. The zero-order valence-electron chi connectivity index (χ0n) is 33.1. The smallest absolute Gasteiger partial charge is 0.267 e. The molecule has 2 amide bonds. The first-order valence-electron chi connectivity index (χ1n) is 18.0. The number of fused-ring (bicyclic) bond motifs is 6. The van der Waals surface area contributed by atoms with Gasteiger partial charge in [0.15, 0.2) is 18.5 Å². The number of carbonyl (C=O) groups excluding carboxylic acids is 2. The Morgan fingerprint density at radius 3 is 1.79 bits per heavy atom. The number of benzene rings is 4. The molecular formula is C43H50BN4O5+. The summed E-state index contributed by atoms with van der Waals surface area (Å²) in [5.41, 5.74) is 9.69. The van der Waals surface area contributed by atoms with E-state index in [1.165, 1.54) is 6.82 Å². The van der Waals surface area contributed by atoms with E-state index in [9.17, 15) is 9.59 Å². The standard InChI is InChI=1S/C21H22N2O2.C17H13NO.C4H10NO.CH5BO/c1-14(24)23-13-15-9-5-6-10-16(15)20-19(21(2,3)22(4)25-20)17-11-7-8-12-18(17)23;1-13(19)18-12-16-8-3-2-6-14(16)10-11-15-7-4-5-9-17(15)18;1-4(2)5(3)6;1-2-3/h5-12H,13H2,1-4H3;2-9H,12H2,1H3;6H,1-3H3;2-3H,1H3/q;;+1;/i;;;2D. The Morgan fingerprint density at radius 1 is 0.774 bits per heavy atom. The van der Waals surface area contributed by atoms with Gasteiger partial charge in [-0.1, -0.05) is 91.5 Å². The van der Waals surface area contributed by atoms with Crippen molar-refractivity contribution in [3.63, 3.8) is 0 Å². The highest BCUT2D eigenvalue weighted by Gasteiger charge is 2.43. The summed E-state index contributed by atoms with van der Waals surface area (Å²) in [5, 5.41) is 18.0. The maximum Gasteiger partial charge on any atom is 0.267 e. The molecule has 4 aromatic rings. The number of amides is 2. The summed E-state index contributed by atoms with van der Waals surface area (Å²) in [6.07, 6.45) is 0. The Balaban J connectivity index is 0.000000197. The van der Waals surface area contributed by atoms with E-state index in [1.54, 1.807) is 25.8 Å². The van der Waals surface area contributed by atoms with Crippen molar-refractivity contribution in [2.45, 2.75) is 67.0 Å². The van der Waals surface area contributed by atoms with E-state index >= 15 is 0 Å². The van der Waals surface area contributed by atoms with Gasteiger partial charge < -0.3 is 19.7 Å². The second-order valence-electron chi connectivity index (χ2n) is 13.4. The fourth-order valence-corrected chi connectivity index (χ4v) is 5.97. The van der Waals surface area contributed by atoms with Gasteiger partial charge >= 0.3 is 0 Å². The third kappa shape index (κ3) is 9.25. The lowest BCUT2D eigenvalue weighted by molar-refractivity contribution is -0.755. The van der Waals surface area contributed by atoms with Crippen LogP contribution in [0.3, 0.4) is 0 Å². The molecule has 2 N–H and O–H groups in total. The molecule has 10 heteroatoms. The van der Waals surface area contributed by atoms with Crippen molar-refractivity contribution in [3.8, 4) is 11.8 Å². The molecule has 3 aliphatic heterocycles. The third-order valence-corrected chi connectivity index (χ3v) is 9.19. The molecule has 274 valence electrons. The van der Waals surface area contributed by atoms with Crippen molar-refractivity contribution >= 4 is 47.7 Å². The summed E-state index contributed by atoms with van der Waals surface area (Å²) in [4.78, 5) is 34.2. The van der Waals surface area contributed by atoms with E-state index in [-0.39, 0.29) is 17.4 Å². The highest BCUT2D eigenvalue weighted by Crippen LogP contribution is 2.49. The highest BCUT2D eigenvalue weighted by molar-refractivity contribution is 6.22. The van der Waals surface area contributed by atoms with Crippen molar-refractivity contribution in [2.24, 2.45) is 0 Å². The van der Waals surface area contributed by atoms with Gasteiger partial charge in [-0.2, -0.15) is 0 Å². The van der Waals surface area contributed by atoms with Crippen molar-refractivity contribution in [1.82, 2.24) is 5.06 Å². The predicted octanol–water partition coefficient (Wildman–Crippen LogP) is 6.91. The van der Waals surface area contributed by atoms with Crippen LogP contribution in [0.2, 0.25) is 6.82 Å². The summed E-state index contributed by atoms with van der Waals surface area (Å²) >= 11 is 0. The van der Waals surface area contributed by atoms with Crippen molar-refractivity contribution < 1.29 is 29.4 Å². The number of para-hydroxylation sites is 2. The van der Waals surface area contributed by atoms with Crippen LogP contribution in [0.15, 0.2) is 97.1 Å². The summed E-state index contributed by atoms with van der Waals surface area (Å²) in [6.45, 7) is 13.7. The average molecular weight is 715 g/mol. The van der Waals surface area contributed by atoms with Crippen LogP contribution in [0.5, 0.6) is 0 Å². The van der Waals surface area contributed by atoms with Crippen LogP contribution in [0.4, 0.5) is 11.4 Å². The van der Waals surface area contributed by atoms with Gasteiger partial charge in [-0.3, -0.25) is 14.8 Å². The fraction of sp³-hybridized carbons (Fsp3) is 0.279. The molecule has 4 aromatic carbocycles.